The van der Waals surface area contributed by atoms with E-state index >= 15 is 0 Å². The summed E-state index contributed by atoms with van der Waals surface area (Å²) < 4.78 is 28.2. The fourth-order valence-corrected chi connectivity index (χ4v) is 3.62. The van der Waals surface area contributed by atoms with Crippen molar-refractivity contribution in [3.8, 4) is 0 Å². The van der Waals surface area contributed by atoms with Crippen LogP contribution in [0.15, 0.2) is 0 Å². The molecule has 1 aliphatic heterocycles. The predicted molar refractivity (Wildman–Crippen MR) is 59.7 cm³/mol. The first-order chi connectivity index (χ1) is 7.09. The molecule has 1 saturated carbocycles. The fourth-order valence-electron chi connectivity index (χ4n) is 2.06. The normalized spacial score (nSPS) is 29.3. The van der Waals surface area contributed by atoms with Crippen LogP contribution in [0.1, 0.15) is 39.0 Å². The van der Waals surface area contributed by atoms with E-state index in [2.05, 4.69) is 4.72 Å². The molecule has 4 nitrogen and oxygen atoms in total. The molecule has 0 radical (unpaired) electrons. The lowest BCUT2D eigenvalue weighted by Crippen LogP contribution is -2.48. The molecule has 0 spiro atoms. The number of nitrogens with one attached hydrogen (secondary N) is 1. The van der Waals surface area contributed by atoms with Gasteiger partial charge in [-0.3, -0.25) is 0 Å². The number of rotatable bonds is 4. The maximum Gasteiger partial charge on any atom is 0.279 e. The Balaban J connectivity index is 1.92. The summed E-state index contributed by atoms with van der Waals surface area (Å²) in [6, 6.07) is 0.162. The molecule has 0 aromatic carbocycles. The Hall–Kier alpha value is -0.130. The van der Waals surface area contributed by atoms with Gasteiger partial charge in [0.05, 0.1) is 0 Å². The van der Waals surface area contributed by atoms with Crippen LogP contribution in [-0.2, 0) is 10.2 Å². The van der Waals surface area contributed by atoms with E-state index in [-0.39, 0.29) is 6.04 Å². The number of nitrogens with zero attached hydrogens (tertiary/aromatic N) is 1. The van der Waals surface area contributed by atoms with Crippen molar-refractivity contribution in [3.05, 3.63) is 0 Å². The smallest absolute Gasteiger partial charge is 0.202 e. The van der Waals surface area contributed by atoms with Crippen LogP contribution < -0.4 is 4.72 Å². The lowest BCUT2D eigenvalue weighted by atomic mass is 10.1. The Morgan fingerprint density at radius 1 is 1.27 bits per heavy atom. The van der Waals surface area contributed by atoms with Gasteiger partial charge >= 0.3 is 0 Å². The second kappa shape index (κ2) is 4.39. The van der Waals surface area contributed by atoms with Gasteiger partial charge in [-0.1, -0.05) is 6.42 Å². The van der Waals surface area contributed by atoms with Crippen molar-refractivity contribution in [1.29, 1.82) is 0 Å². The summed E-state index contributed by atoms with van der Waals surface area (Å²) in [7, 11) is -3.20. The second-order valence-electron chi connectivity index (χ2n) is 4.75. The van der Waals surface area contributed by atoms with E-state index < -0.39 is 10.2 Å². The molecule has 15 heavy (non-hydrogen) atoms. The van der Waals surface area contributed by atoms with Crippen LogP contribution in [0.2, 0.25) is 0 Å². The Bertz CT molecular complexity index is 311. The lowest BCUT2D eigenvalue weighted by Gasteiger charge is -2.32. The average Bonchev–Trinajstić information content (AvgIpc) is 2.99. The van der Waals surface area contributed by atoms with Crippen molar-refractivity contribution in [2.24, 2.45) is 5.92 Å². The van der Waals surface area contributed by atoms with Gasteiger partial charge in [-0.05, 0) is 38.5 Å². The molecule has 0 aromatic heterocycles. The van der Waals surface area contributed by atoms with E-state index in [1.54, 1.807) is 4.31 Å². The minimum Gasteiger partial charge on any atom is -0.202 e. The summed E-state index contributed by atoms with van der Waals surface area (Å²) in [4.78, 5) is 0. The molecule has 1 heterocycles. The molecule has 88 valence electrons. The minimum atomic E-state index is -3.20. The van der Waals surface area contributed by atoms with Crippen molar-refractivity contribution in [2.75, 3.05) is 13.1 Å². The van der Waals surface area contributed by atoms with E-state index in [4.69, 9.17) is 0 Å². The van der Waals surface area contributed by atoms with Gasteiger partial charge < -0.3 is 0 Å². The zero-order valence-electron chi connectivity index (χ0n) is 9.28. The predicted octanol–water partition coefficient (Wildman–Crippen LogP) is 1.11. The van der Waals surface area contributed by atoms with Gasteiger partial charge in [0, 0.05) is 19.1 Å². The van der Waals surface area contributed by atoms with Crippen LogP contribution in [0.3, 0.4) is 0 Å². The van der Waals surface area contributed by atoms with E-state index in [0.717, 1.165) is 19.3 Å². The maximum atomic E-state index is 11.9. The van der Waals surface area contributed by atoms with Gasteiger partial charge in [0.2, 0.25) is 0 Å². The van der Waals surface area contributed by atoms with Crippen LogP contribution in [-0.4, -0.2) is 31.9 Å². The number of hydrogen-bond acceptors (Lipinski definition) is 2. The summed E-state index contributed by atoms with van der Waals surface area (Å²) in [5.74, 6) is 0.597. The quantitative estimate of drug-likeness (QED) is 0.789. The SMILES string of the molecule is CC1CCCCN1S(=O)(=O)NCC1CC1. The van der Waals surface area contributed by atoms with E-state index in [0.29, 0.717) is 19.0 Å². The molecular formula is C10H20N2O2S. The molecule has 1 unspecified atom stereocenters. The topological polar surface area (TPSA) is 49.4 Å². The molecule has 2 aliphatic rings. The molecule has 2 fully saturated rings. The van der Waals surface area contributed by atoms with E-state index in [1.165, 1.54) is 12.8 Å². The highest BCUT2D eigenvalue weighted by atomic mass is 32.2. The Kier molecular flexibility index (Phi) is 3.33. The largest absolute Gasteiger partial charge is 0.279 e. The first-order valence-electron chi connectivity index (χ1n) is 5.86. The second-order valence-corrected chi connectivity index (χ2v) is 6.46. The summed E-state index contributed by atoms with van der Waals surface area (Å²) >= 11 is 0. The lowest BCUT2D eigenvalue weighted by molar-refractivity contribution is 0.265. The summed E-state index contributed by atoms with van der Waals surface area (Å²) in [6.07, 6.45) is 5.49. The van der Waals surface area contributed by atoms with Gasteiger partial charge in [-0.15, -0.1) is 0 Å². The molecule has 0 bridgehead atoms. The third-order valence-electron chi connectivity index (χ3n) is 3.30. The number of hydrogen-bond donors (Lipinski definition) is 1. The number of piperidine rings is 1. The van der Waals surface area contributed by atoms with E-state index in [9.17, 15) is 8.42 Å². The molecule has 1 atom stereocenters. The highest BCUT2D eigenvalue weighted by Gasteiger charge is 2.31. The summed E-state index contributed by atoms with van der Waals surface area (Å²) in [6.45, 7) is 3.31. The van der Waals surface area contributed by atoms with Crippen molar-refractivity contribution in [1.82, 2.24) is 9.03 Å². The van der Waals surface area contributed by atoms with Gasteiger partial charge in [0.1, 0.15) is 0 Å². The van der Waals surface area contributed by atoms with Gasteiger partial charge in [0.25, 0.3) is 10.2 Å². The molecule has 2 rings (SSSR count). The fraction of sp³-hybridized carbons (Fsp3) is 1.00. The zero-order chi connectivity index (χ0) is 10.9. The first kappa shape index (κ1) is 11.4. The minimum absolute atomic E-state index is 0.162. The highest BCUT2D eigenvalue weighted by Crippen LogP contribution is 2.28. The molecule has 1 N–H and O–H groups in total. The summed E-state index contributed by atoms with van der Waals surface area (Å²) in [5.41, 5.74) is 0. The van der Waals surface area contributed by atoms with Crippen molar-refractivity contribution in [3.63, 3.8) is 0 Å². The van der Waals surface area contributed by atoms with Gasteiger partial charge in [0.15, 0.2) is 0 Å². The first-order valence-corrected chi connectivity index (χ1v) is 7.30. The zero-order valence-corrected chi connectivity index (χ0v) is 10.1. The molecule has 5 heteroatoms. The Morgan fingerprint density at radius 3 is 2.60 bits per heavy atom. The van der Waals surface area contributed by atoms with E-state index in [1.807, 2.05) is 6.92 Å². The molecule has 1 aliphatic carbocycles. The van der Waals surface area contributed by atoms with Crippen molar-refractivity contribution >= 4 is 10.2 Å². The van der Waals surface area contributed by atoms with Crippen molar-refractivity contribution < 1.29 is 8.42 Å². The molecule has 1 saturated heterocycles. The van der Waals surface area contributed by atoms with Gasteiger partial charge in [-0.2, -0.15) is 12.7 Å². The van der Waals surface area contributed by atoms with Crippen LogP contribution in [0.5, 0.6) is 0 Å². The monoisotopic (exact) mass is 232 g/mol. The molecular weight excluding hydrogens is 212 g/mol. The standard InChI is InChI=1S/C10H20N2O2S/c1-9-4-2-3-7-12(9)15(13,14)11-8-10-5-6-10/h9-11H,2-8H2,1H3. The van der Waals surface area contributed by atoms with Crippen LogP contribution in [0, 0.1) is 5.92 Å². The molecule has 0 amide bonds. The van der Waals surface area contributed by atoms with Crippen molar-refractivity contribution in [2.45, 2.75) is 45.1 Å². The maximum absolute atomic E-state index is 11.9. The Labute approximate surface area is 92.2 Å². The van der Waals surface area contributed by atoms with Crippen LogP contribution in [0.4, 0.5) is 0 Å². The molecule has 0 aromatic rings. The third-order valence-corrected chi connectivity index (χ3v) is 4.99. The van der Waals surface area contributed by atoms with Crippen LogP contribution >= 0.6 is 0 Å². The third kappa shape index (κ3) is 2.92. The average molecular weight is 232 g/mol. The van der Waals surface area contributed by atoms with Gasteiger partial charge in [-0.25, -0.2) is 4.72 Å². The Morgan fingerprint density at radius 2 is 2.00 bits per heavy atom. The highest BCUT2D eigenvalue weighted by molar-refractivity contribution is 7.87. The van der Waals surface area contributed by atoms with Crippen LogP contribution in [0.25, 0.3) is 0 Å². The summed E-state index contributed by atoms with van der Waals surface area (Å²) in [5, 5.41) is 0.